The monoisotopic (exact) mass is 431 g/mol. The zero-order valence-corrected chi connectivity index (χ0v) is 15.4. The molecule has 1 saturated heterocycles. The topological polar surface area (TPSA) is 39.7 Å². The normalized spacial score (nSPS) is 15.9. The first-order chi connectivity index (χ1) is 12.3. The molecule has 1 unspecified atom stereocenters. The minimum absolute atomic E-state index is 0.0745. The summed E-state index contributed by atoms with van der Waals surface area (Å²) in [6.45, 7) is 3.28. The van der Waals surface area contributed by atoms with Gasteiger partial charge >= 0.3 is 6.36 Å². The smallest absolute Gasteiger partial charge is 0.484 e. The Labute approximate surface area is 157 Å². The van der Waals surface area contributed by atoms with Crippen molar-refractivity contribution in [1.29, 1.82) is 0 Å². The van der Waals surface area contributed by atoms with Crippen LogP contribution in [0.25, 0.3) is 0 Å². The van der Waals surface area contributed by atoms with Crippen molar-refractivity contribution >= 4 is 15.9 Å². The number of hydrogen-bond acceptors (Lipinski definition) is 4. The molecule has 1 atom stereocenters. The van der Waals surface area contributed by atoms with Crippen LogP contribution >= 0.6 is 15.9 Å². The summed E-state index contributed by atoms with van der Waals surface area (Å²) >= 11 is 3.40. The summed E-state index contributed by atoms with van der Waals surface area (Å²) < 4.78 is 53.8. The molecule has 0 aromatic heterocycles. The predicted octanol–water partition coefficient (Wildman–Crippen LogP) is 4.84. The first-order valence-electron chi connectivity index (χ1n) is 7.99. The van der Waals surface area contributed by atoms with Gasteiger partial charge in [0.2, 0.25) is 0 Å². The van der Waals surface area contributed by atoms with E-state index in [1.807, 2.05) is 12.1 Å². The van der Waals surface area contributed by atoms with Crippen molar-refractivity contribution in [3.8, 4) is 17.2 Å². The maximum Gasteiger partial charge on any atom is 0.573 e. The van der Waals surface area contributed by atoms with Crippen LogP contribution in [0.4, 0.5) is 13.2 Å². The molecule has 8 heteroatoms. The van der Waals surface area contributed by atoms with Crippen molar-refractivity contribution in [2.24, 2.45) is 0 Å². The molecular formula is C18H17BrF3NO3. The first-order valence-corrected chi connectivity index (χ1v) is 8.79. The van der Waals surface area contributed by atoms with Gasteiger partial charge in [0.25, 0.3) is 0 Å². The van der Waals surface area contributed by atoms with Gasteiger partial charge in [-0.3, -0.25) is 0 Å². The van der Waals surface area contributed by atoms with Gasteiger partial charge in [-0.25, -0.2) is 0 Å². The van der Waals surface area contributed by atoms with Crippen LogP contribution in [-0.4, -0.2) is 25.6 Å². The van der Waals surface area contributed by atoms with E-state index in [4.69, 9.17) is 9.47 Å². The number of alkyl halides is 3. The van der Waals surface area contributed by atoms with Gasteiger partial charge in [-0.1, -0.05) is 28.1 Å². The van der Waals surface area contributed by atoms with Crippen molar-refractivity contribution in [2.45, 2.75) is 25.5 Å². The molecule has 0 saturated carbocycles. The summed E-state index contributed by atoms with van der Waals surface area (Å²) in [5.74, 6) is 0.827. The molecule has 1 aliphatic heterocycles. The highest BCUT2D eigenvalue weighted by atomic mass is 79.9. The predicted molar refractivity (Wildman–Crippen MR) is 93.6 cm³/mol. The molecule has 4 nitrogen and oxygen atoms in total. The lowest BCUT2D eigenvalue weighted by Crippen LogP contribution is -2.50. The number of ether oxygens (including phenoxy) is 3. The third kappa shape index (κ3) is 5.04. The fourth-order valence-corrected chi connectivity index (χ4v) is 2.76. The van der Waals surface area contributed by atoms with Gasteiger partial charge in [-0.05, 0) is 42.8 Å². The third-order valence-corrected chi connectivity index (χ3v) is 4.30. The maximum absolute atomic E-state index is 12.4. The van der Waals surface area contributed by atoms with E-state index >= 15 is 0 Å². The molecule has 0 bridgehead atoms. The van der Waals surface area contributed by atoms with Crippen molar-refractivity contribution < 1.29 is 27.4 Å². The lowest BCUT2D eigenvalue weighted by atomic mass is 10.1. The van der Waals surface area contributed by atoms with Crippen molar-refractivity contribution in [1.82, 2.24) is 5.32 Å². The maximum atomic E-state index is 12.4. The fourth-order valence-electron chi connectivity index (χ4n) is 2.42. The Morgan fingerprint density at radius 1 is 1.12 bits per heavy atom. The van der Waals surface area contributed by atoms with Crippen molar-refractivity contribution in [3.05, 3.63) is 52.5 Å². The quantitative estimate of drug-likeness (QED) is 0.710. The molecular weight excluding hydrogens is 415 g/mol. The number of benzene rings is 2. The average molecular weight is 432 g/mol. The molecule has 0 aliphatic carbocycles. The largest absolute Gasteiger partial charge is 0.573 e. The van der Waals surface area contributed by atoms with Crippen LogP contribution in [-0.2, 0) is 0 Å². The van der Waals surface area contributed by atoms with E-state index in [0.717, 1.165) is 17.6 Å². The van der Waals surface area contributed by atoms with E-state index in [0.29, 0.717) is 17.1 Å². The Bertz CT molecular complexity index is 766. The average Bonchev–Trinajstić information content (AvgIpc) is 2.51. The van der Waals surface area contributed by atoms with Gasteiger partial charge in [0.05, 0.1) is 0 Å². The second-order valence-corrected chi connectivity index (χ2v) is 6.79. The van der Waals surface area contributed by atoms with Gasteiger partial charge < -0.3 is 19.5 Å². The highest BCUT2D eigenvalue weighted by Crippen LogP contribution is 2.35. The summed E-state index contributed by atoms with van der Waals surface area (Å²) in [6, 6.07) is 11.1. The van der Waals surface area contributed by atoms with Crippen molar-refractivity contribution in [2.75, 3.05) is 13.1 Å². The van der Waals surface area contributed by atoms with Crippen LogP contribution in [0.5, 0.6) is 17.2 Å². The molecule has 26 heavy (non-hydrogen) atoms. The summed E-state index contributed by atoms with van der Waals surface area (Å²) in [5, 5.41) is 3.12. The molecule has 140 valence electrons. The zero-order valence-electron chi connectivity index (χ0n) is 13.8. The van der Waals surface area contributed by atoms with E-state index in [1.165, 1.54) is 18.2 Å². The minimum Gasteiger partial charge on any atom is -0.484 e. The summed E-state index contributed by atoms with van der Waals surface area (Å²) in [5.41, 5.74) is 0.561. The van der Waals surface area contributed by atoms with E-state index in [2.05, 4.69) is 26.0 Å². The SMILES string of the molecule is CC(Oc1ccc(Br)cc1OC1CNC1)c1cccc(OC(F)(F)F)c1. The Morgan fingerprint density at radius 2 is 1.88 bits per heavy atom. The van der Waals surface area contributed by atoms with E-state index in [-0.39, 0.29) is 11.9 Å². The lowest BCUT2D eigenvalue weighted by Gasteiger charge is -2.29. The van der Waals surface area contributed by atoms with Crippen LogP contribution in [0.3, 0.4) is 0 Å². The highest BCUT2D eigenvalue weighted by molar-refractivity contribution is 9.10. The first kappa shape index (κ1) is 18.8. The number of nitrogens with one attached hydrogen (secondary N) is 1. The van der Waals surface area contributed by atoms with Gasteiger partial charge in [0.15, 0.2) is 11.5 Å². The van der Waals surface area contributed by atoms with Crippen molar-refractivity contribution in [3.63, 3.8) is 0 Å². The molecule has 1 N–H and O–H groups in total. The molecule has 2 aromatic carbocycles. The second-order valence-electron chi connectivity index (χ2n) is 5.87. The van der Waals surface area contributed by atoms with Gasteiger partial charge in [0.1, 0.15) is 18.0 Å². The molecule has 1 heterocycles. The molecule has 0 spiro atoms. The molecule has 0 radical (unpaired) electrons. The van der Waals surface area contributed by atoms with Crippen LogP contribution in [0.2, 0.25) is 0 Å². The van der Waals surface area contributed by atoms with E-state index in [9.17, 15) is 13.2 Å². The Kier molecular flexibility index (Phi) is 5.62. The lowest BCUT2D eigenvalue weighted by molar-refractivity contribution is -0.274. The van der Waals surface area contributed by atoms with E-state index in [1.54, 1.807) is 19.1 Å². The number of hydrogen-bond donors (Lipinski definition) is 1. The molecule has 1 aliphatic rings. The Morgan fingerprint density at radius 3 is 2.54 bits per heavy atom. The summed E-state index contributed by atoms with van der Waals surface area (Å²) in [4.78, 5) is 0. The minimum atomic E-state index is -4.73. The summed E-state index contributed by atoms with van der Waals surface area (Å²) in [6.07, 6.45) is -5.15. The van der Waals surface area contributed by atoms with Gasteiger partial charge in [0, 0.05) is 17.6 Å². The van der Waals surface area contributed by atoms with Crippen LogP contribution in [0, 0.1) is 0 Å². The summed E-state index contributed by atoms with van der Waals surface area (Å²) in [7, 11) is 0. The fraction of sp³-hybridized carbons (Fsp3) is 0.333. The van der Waals surface area contributed by atoms with Crippen LogP contribution < -0.4 is 19.5 Å². The van der Waals surface area contributed by atoms with Crippen LogP contribution in [0.15, 0.2) is 46.9 Å². The molecule has 0 amide bonds. The van der Waals surface area contributed by atoms with Gasteiger partial charge in [-0.2, -0.15) is 0 Å². The van der Waals surface area contributed by atoms with Gasteiger partial charge in [-0.15, -0.1) is 13.2 Å². The third-order valence-electron chi connectivity index (χ3n) is 3.81. The second kappa shape index (κ2) is 7.75. The molecule has 2 aromatic rings. The standard InChI is InChI=1S/C18H17BrF3NO3/c1-11(12-3-2-4-14(7-12)26-18(20,21)22)24-16-6-5-13(19)8-17(16)25-15-9-23-10-15/h2-8,11,15,23H,9-10H2,1H3. The molecule has 1 fully saturated rings. The molecule has 3 rings (SSSR count). The number of halogens is 4. The van der Waals surface area contributed by atoms with E-state index < -0.39 is 12.5 Å². The Balaban J connectivity index is 1.75. The number of rotatable bonds is 6. The zero-order chi connectivity index (χ0) is 18.7. The van der Waals surface area contributed by atoms with Crippen LogP contribution in [0.1, 0.15) is 18.6 Å². The highest BCUT2D eigenvalue weighted by Gasteiger charge is 2.31. The Hall–Kier alpha value is -1.93.